The molecule has 7 N–H and O–H groups in total. The molecule has 3 aliphatic heterocycles. The Morgan fingerprint density at radius 2 is 2.00 bits per heavy atom. The number of likely N-dealkylation sites (tertiary alicyclic amines) is 1. The number of fused-ring (bicyclic) bond motifs is 2. The average Bonchev–Trinajstić information content (AvgIpc) is 3.59. The van der Waals surface area contributed by atoms with Crippen LogP contribution in [0.3, 0.4) is 0 Å². The number of hydrogen-bond donors (Lipinski definition) is 6. The van der Waals surface area contributed by atoms with Crippen LogP contribution >= 0.6 is 0 Å². The van der Waals surface area contributed by atoms with Crippen LogP contribution in [0.2, 0.25) is 0 Å². The first-order chi connectivity index (χ1) is 16.1. The van der Waals surface area contributed by atoms with E-state index in [1.807, 2.05) is 19.2 Å². The molecule has 0 spiro atoms. The van der Waals surface area contributed by atoms with Crippen molar-refractivity contribution in [1.29, 1.82) is 0 Å². The van der Waals surface area contributed by atoms with E-state index in [0.717, 1.165) is 37.2 Å². The van der Waals surface area contributed by atoms with Gasteiger partial charge < -0.3 is 25.6 Å². The minimum absolute atomic E-state index is 0.0275. The zero-order chi connectivity index (χ0) is 22.8. The van der Waals surface area contributed by atoms with Gasteiger partial charge in [0.2, 0.25) is 0 Å². The van der Waals surface area contributed by atoms with Crippen molar-refractivity contribution in [2.75, 3.05) is 39.8 Å². The van der Waals surface area contributed by atoms with Crippen LogP contribution < -0.4 is 31.7 Å². The van der Waals surface area contributed by atoms with Gasteiger partial charge in [-0.3, -0.25) is 20.9 Å². The number of morpholine rings is 1. The highest BCUT2D eigenvalue weighted by atomic mass is 16.5. The fraction of sp³-hybridized carbons (Fsp3) is 0.750. The SMILES string of the molecule is CNCC(O)COc1cccc(C2NC(NC3CC3)C(CN)C(N3CC4CCC(C3)O4)N2)c1. The number of aliphatic hydroxyl groups is 1. The number of nitrogens with two attached hydrogens (primary N) is 1. The molecule has 0 radical (unpaired) electrons. The molecular formula is C24H40N6O3. The smallest absolute Gasteiger partial charge is 0.119 e. The van der Waals surface area contributed by atoms with Crippen molar-refractivity contribution in [2.45, 2.75) is 68.5 Å². The normalized spacial score (nSPS) is 35.5. The van der Waals surface area contributed by atoms with Crippen molar-refractivity contribution in [3.8, 4) is 5.75 Å². The molecule has 4 fully saturated rings. The van der Waals surface area contributed by atoms with Crippen LogP contribution in [-0.2, 0) is 4.74 Å². The standard InChI is InChI=1S/C24H40N6O3/c1-26-11-17(31)14-32-18-4-2-3-15(9-18)22-28-23(27-16-5-6-16)21(10-25)24(29-22)30-12-19-7-8-20(13-30)33-19/h2-4,9,16-17,19-24,26-29,31H,5-8,10-14,25H2,1H3. The van der Waals surface area contributed by atoms with E-state index in [4.69, 9.17) is 15.2 Å². The molecule has 3 heterocycles. The van der Waals surface area contributed by atoms with E-state index >= 15 is 0 Å². The predicted octanol–water partition coefficient (Wildman–Crippen LogP) is -0.321. The summed E-state index contributed by atoms with van der Waals surface area (Å²) in [4.78, 5) is 2.56. The Morgan fingerprint density at radius 1 is 1.21 bits per heavy atom. The Kier molecular flexibility index (Phi) is 7.48. The Hall–Kier alpha value is -1.30. The molecule has 3 saturated heterocycles. The number of aliphatic hydroxyl groups excluding tert-OH is 1. The van der Waals surface area contributed by atoms with Crippen molar-refractivity contribution in [3.63, 3.8) is 0 Å². The third-order valence-electron chi connectivity index (χ3n) is 7.32. The molecule has 5 rings (SSSR count). The summed E-state index contributed by atoms with van der Waals surface area (Å²) in [6, 6.07) is 8.73. The summed E-state index contributed by atoms with van der Waals surface area (Å²) in [6.45, 7) is 3.29. The van der Waals surface area contributed by atoms with Crippen LogP contribution in [0.4, 0.5) is 0 Å². The second-order valence-electron chi connectivity index (χ2n) is 10.0. The van der Waals surface area contributed by atoms with Gasteiger partial charge in [-0.25, -0.2) is 0 Å². The van der Waals surface area contributed by atoms with Gasteiger partial charge in [0.15, 0.2) is 0 Å². The maximum atomic E-state index is 9.99. The quantitative estimate of drug-likeness (QED) is 0.279. The van der Waals surface area contributed by atoms with Gasteiger partial charge in [-0.05, 0) is 50.4 Å². The summed E-state index contributed by atoms with van der Waals surface area (Å²) in [5.74, 6) is 1.02. The van der Waals surface area contributed by atoms with Gasteiger partial charge in [0, 0.05) is 38.1 Å². The van der Waals surface area contributed by atoms with Gasteiger partial charge in [-0.1, -0.05) is 12.1 Å². The van der Waals surface area contributed by atoms with E-state index in [9.17, 15) is 5.11 Å². The molecule has 2 bridgehead atoms. The van der Waals surface area contributed by atoms with Crippen molar-refractivity contribution in [2.24, 2.45) is 11.7 Å². The molecule has 33 heavy (non-hydrogen) atoms. The van der Waals surface area contributed by atoms with Gasteiger partial charge in [-0.15, -0.1) is 0 Å². The molecule has 0 aromatic heterocycles. The average molecular weight is 461 g/mol. The Bertz CT molecular complexity index is 768. The number of nitrogens with zero attached hydrogens (tertiary/aromatic N) is 1. The minimum atomic E-state index is -0.539. The van der Waals surface area contributed by atoms with E-state index in [2.05, 4.69) is 38.3 Å². The number of nitrogens with one attached hydrogen (secondary N) is 4. The van der Waals surface area contributed by atoms with Gasteiger partial charge in [-0.2, -0.15) is 0 Å². The molecule has 1 aromatic rings. The van der Waals surface area contributed by atoms with Crippen molar-refractivity contribution in [3.05, 3.63) is 29.8 Å². The Morgan fingerprint density at radius 3 is 2.70 bits per heavy atom. The van der Waals surface area contributed by atoms with E-state index in [1.165, 1.54) is 12.8 Å². The summed E-state index contributed by atoms with van der Waals surface area (Å²) in [5, 5.41) is 24.4. The summed E-state index contributed by atoms with van der Waals surface area (Å²) < 4.78 is 12.0. The lowest BCUT2D eigenvalue weighted by atomic mass is 9.94. The largest absolute Gasteiger partial charge is 0.491 e. The van der Waals surface area contributed by atoms with Crippen LogP contribution in [0.1, 0.15) is 37.4 Å². The lowest BCUT2D eigenvalue weighted by Gasteiger charge is -2.50. The predicted molar refractivity (Wildman–Crippen MR) is 127 cm³/mol. The molecule has 1 aliphatic carbocycles. The summed E-state index contributed by atoms with van der Waals surface area (Å²) >= 11 is 0. The van der Waals surface area contributed by atoms with Crippen molar-refractivity contribution >= 4 is 0 Å². The molecule has 9 heteroatoms. The third-order valence-corrected chi connectivity index (χ3v) is 7.32. The lowest BCUT2D eigenvalue weighted by Crippen LogP contribution is -2.70. The van der Waals surface area contributed by atoms with Gasteiger partial charge >= 0.3 is 0 Å². The molecule has 184 valence electrons. The maximum absolute atomic E-state index is 9.99. The van der Waals surface area contributed by atoms with Crippen LogP contribution in [0, 0.1) is 5.92 Å². The number of likely N-dealkylation sites (N-methyl/N-ethyl adjacent to an activating group) is 1. The molecule has 7 atom stereocenters. The van der Waals surface area contributed by atoms with E-state index in [0.29, 0.717) is 31.3 Å². The zero-order valence-electron chi connectivity index (χ0n) is 19.6. The van der Waals surface area contributed by atoms with E-state index < -0.39 is 6.10 Å². The Balaban J connectivity index is 1.33. The van der Waals surface area contributed by atoms with Gasteiger partial charge in [0.25, 0.3) is 0 Å². The fourth-order valence-corrected chi connectivity index (χ4v) is 5.48. The maximum Gasteiger partial charge on any atom is 0.119 e. The summed E-state index contributed by atoms with van der Waals surface area (Å²) in [5.41, 5.74) is 7.47. The lowest BCUT2D eigenvalue weighted by molar-refractivity contribution is -0.0819. The van der Waals surface area contributed by atoms with Crippen LogP contribution in [0.5, 0.6) is 5.75 Å². The van der Waals surface area contributed by atoms with Gasteiger partial charge in [0.1, 0.15) is 18.5 Å². The summed E-state index contributed by atoms with van der Waals surface area (Å²) in [7, 11) is 1.82. The molecule has 1 saturated carbocycles. The first-order valence-corrected chi connectivity index (χ1v) is 12.6. The van der Waals surface area contributed by atoms with Crippen LogP contribution in [0.15, 0.2) is 24.3 Å². The molecule has 1 aromatic carbocycles. The molecule has 7 unspecified atom stereocenters. The highest BCUT2D eigenvalue weighted by molar-refractivity contribution is 5.31. The third kappa shape index (κ3) is 5.68. The topological polar surface area (TPSA) is 116 Å². The second-order valence-corrected chi connectivity index (χ2v) is 10.0. The molecule has 4 aliphatic rings. The number of hydrogen-bond acceptors (Lipinski definition) is 9. The highest BCUT2D eigenvalue weighted by Gasteiger charge is 2.45. The minimum Gasteiger partial charge on any atom is -0.491 e. The number of ether oxygens (including phenoxy) is 2. The number of rotatable bonds is 10. The first-order valence-electron chi connectivity index (χ1n) is 12.6. The van der Waals surface area contributed by atoms with Crippen LogP contribution in [-0.4, -0.2) is 86.5 Å². The van der Waals surface area contributed by atoms with E-state index in [1.54, 1.807) is 0 Å². The monoisotopic (exact) mass is 460 g/mol. The molecule has 9 nitrogen and oxygen atoms in total. The van der Waals surface area contributed by atoms with Gasteiger partial charge in [0.05, 0.1) is 30.7 Å². The van der Waals surface area contributed by atoms with Crippen LogP contribution in [0.25, 0.3) is 0 Å². The molecule has 0 amide bonds. The first kappa shape index (κ1) is 23.4. The number of benzene rings is 1. The van der Waals surface area contributed by atoms with E-state index in [-0.39, 0.29) is 31.0 Å². The fourth-order valence-electron chi connectivity index (χ4n) is 5.48. The zero-order valence-corrected chi connectivity index (χ0v) is 19.6. The Labute approximate surface area is 196 Å². The van der Waals surface area contributed by atoms with Crippen molar-refractivity contribution < 1.29 is 14.6 Å². The summed E-state index contributed by atoms with van der Waals surface area (Å²) in [6.07, 6.45) is 5.21. The highest BCUT2D eigenvalue weighted by Crippen LogP contribution is 2.32. The second kappa shape index (κ2) is 10.5. The van der Waals surface area contributed by atoms with Crippen molar-refractivity contribution in [1.82, 2.24) is 26.2 Å². The molecular weight excluding hydrogens is 420 g/mol.